The predicted molar refractivity (Wildman–Crippen MR) is 118 cm³/mol. The molecule has 1 N–H and O–H groups in total. The van der Waals surface area contributed by atoms with Gasteiger partial charge in [0, 0.05) is 44.5 Å². The van der Waals surface area contributed by atoms with Crippen LogP contribution in [-0.4, -0.2) is 73.4 Å². The highest BCUT2D eigenvalue weighted by atomic mass is 32.1. The third kappa shape index (κ3) is 6.22. The monoisotopic (exact) mass is 431 g/mol. The van der Waals surface area contributed by atoms with Gasteiger partial charge in [-0.3, -0.25) is 4.79 Å². The summed E-state index contributed by atoms with van der Waals surface area (Å²) in [6.45, 7) is 3.06. The minimum Gasteiger partial charge on any atom is -0.383 e. The Morgan fingerprint density at radius 2 is 2.00 bits per heavy atom. The third-order valence-corrected chi connectivity index (χ3v) is 5.18. The van der Waals surface area contributed by atoms with Crippen LogP contribution in [0.1, 0.15) is 10.4 Å². The molecule has 0 saturated carbocycles. The smallest absolute Gasteiger partial charge is 0.254 e. The second-order valence-corrected chi connectivity index (χ2v) is 7.37. The Balaban J connectivity index is 1.61. The number of nitrogens with one attached hydrogen (secondary N) is 1. The van der Waals surface area contributed by atoms with Gasteiger partial charge in [0.15, 0.2) is 5.11 Å². The van der Waals surface area contributed by atoms with Crippen molar-refractivity contribution in [2.45, 2.75) is 6.10 Å². The standard InChI is InChI=1S/C22H26FN3O3S/c1-28-13-11-25(21(27)17-5-3-2-4-6-17)15-20-16-26(12-14-29-20)22(30)24-19-9-7-18(23)8-10-19/h2-10,20H,11-16H2,1H3,(H,24,30). The van der Waals surface area contributed by atoms with Crippen LogP contribution in [0.4, 0.5) is 10.1 Å². The molecule has 160 valence electrons. The second-order valence-electron chi connectivity index (χ2n) is 6.99. The van der Waals surface area contributed by atoms with Crippen molar-refractivity contribution in [2.75, 3.05) is 51.8 Å². The summed E-state index contributed by atoms with van der Waals surface area (Å²) in [5.41, 5.74) is 1.36. The Labute approximate surface area is 181 Å². The molecule has 1 fully saturated rings. The van der Waals surface area contributed by atoms with Crippen molar-refractivity contribution in [3.63, 3.8) is 0 Å². The van der Waals surface area contributed by atoms with Crippen LogP contribution >= 0.6 is 12.2 Å². The fourth-order valence-electron chi connectivity index (χ4n) is 3.24. The number of rotatable bonds is 7. The largest absolute Gasteiger partial charge is 0.383 e. The van der Waals surface area contributed by atoms with E-state index < -0.39 is 0 Å². The van der Waals surface area contributed by atoms with Crippen LogP contribution < -0.4 is 5.32 Å². The van der Waals surface area contributed by atoms with Crippen molar-refractivity contribution in [3.05, 3.63) is 66.0 Å². The van der Waals surface area contributed by atoms with Crippen LogP contribution in [0.5, 0.6) is 0 Å². The molecule has 3 rings (SSSR count). The zero-order chi connectivity index (χ0) is 21.3. The van der Waals surface area contributed by atoms with Gasteiger partial charge >= 0.3 is 0 Å². The molecule has 1 atom stereocenters. The predicted octanol–water partition coefficient (Wildman–Crippen LogP) is 3.01. The van der Waals surface area contributed by atoms with Gasteiger partial charge in [-0.1, -0.05) is 18.2 Å². The normalized spacial score (nSPS) is 16.2. The highest BCUT2D eigenvalue weighted by Gasteiger charge is 2.26. The highest BCUT2D eigenvalue weighted by Crippen LogP contribution is 2.14. The maximum absolute atomic E-state index is 13.1. The lowest BCUT2D eigenvalue weighted by Crippen LogP contribution is -2.52. The zero-order valence-corrected chi connectivity index (χ0v) is 17.7. The van der Waals surface area contributed by atoms with Crippen molar-refractivity contribution in [3.8, 4) is 0 Å². The van der Waals surface area contributed by atoms with Gasteiger partial charge in [-0.15, -0.1) is 0 Å². The molecule has 0 radical (unpaired) electrons. The lowest BCUT2D eigenvalue weighted by Gasteiger charge is -2.37. The van der Waals surface area contributed by atoms with Crippen molar-refractivity contribution in [1.82, 2.24) is 9.80 Å². The van der Waals surface area contributed by atoms with E-state index in [0.29, 0.717) is 50.1 Å². The van der Waals surface area contributed by atoms with Gasteiger partial charge < -0.3 is 24.6 Å². The van der Waals surface area contributed by atoms with Crippen molar-refractivity contribution in [1.29, 1.82) is 0 Å². The first-order valence-corrected chi connectivity index (χ1v) is 10.2. The van der Waals surface area contributed by atoms with Crippen LogP contribution in [0.25, 0.3) is 0 Å². The Kier molecular flexibility index (Phi) is 8.12. The number of morpholine rings is 1. The minimum atomic E-state index is -0.294. The van der Waals surface area contributed by atoms with E-state index in [1.165, 1.54) is 12.1 Å². The lowest BCUT2D eigenvalue weighted by atomic mass is 10.1. The van der Waals surface area contributed by atoms with E-state index in [1.54, 1.807) is 36.3 Å². The molecule has 0 bridgehead atoms. The summed E-state index contributed by atoms with van der Waals surface area (Å²) >= 11 is 5.52. The molecule has 1 saturated heterocycles. The SMILES string of the molecule is COCCN(CC1CN(C(=S)Nc2ccc(F)cc2)CCO1)C(=O)c1ccccc1. The number of carbonyl (C=O) groups excluding carboxylic acids is 1. The summed E-state index contributed by atoms with van der Waals surface area (Å²) in [5, 5.41) is 3.68. The van der Waals surface area contributed by atoms with Crippen LogP contribution in [0.2, 0.25) is 0 Å². The van der Waals surface area contributed by atoms with Crippen LogP contribution in [-0.2, 0) is 9.47 Å². The summed E-state index contributed by atoms with van der Waals surface area (Å²) in [6.07, 6.45) is -0.184. The molecule has 30 heavy (non-hydrogen) atoms. The summed E-state index contributed by atoms with van der Waals surface area (Å²) in [4.78, 5) is 16.7. The first-order chi connectivity index (χ1) is 14.6. The first kappa shape index (κ1) is 22.1. The molecule has 1 heterocycles. The average molecular weight is 432 g/mol. The number of methoxy groups -OCH3 is 1. The number of hydrogen-bond acceptors (Lipinski definition) is 4. The van der Waals surface area contributed by atoms with E-state index in [2.05, 4.69) is 5.32 Å². The van der Waals surface area contributed by atoms with Gasteiger partial charge in [0.05, 0.1) is 19.3 Å². The maximum atomic E-state index is 13.1. The van der Waals surface area contributed by atoms with Gasteiger partial charge in [0.25, 0.3) is 5.91 Å². The molecule has 8 heteroatoms. The molecule has 2 aromatic rings. The molecule has 6 nitrogen and oxygen atoms in total. The van der Waals surface area contributed by atoms with E-state index >= 15 is 0 Å². The van der Waals surface area contributed by atoms with Crippen molar-refractivity contribution in [2.24, 2.45) is 0 Å². The van der Waals surface area contributed by atoms with Gasteiger partial charge in [-0.05, 0) is 48.6 Å². The van der Waals surface area contributed by atoms with Crippen LogP contribution in [0.15, 0.2) is 54.6 Å². The van der Waals surface area contributed by atoms with Gasteiger partial charge in [-0.2, -0.15) is 0 Å². The summed E-state index contributed by atoms with van der Waals surface area (Å²) < 4.78 is 24.2. The summed E-state index contributed by atoms with van der Waals surface area (Å²) in [7, 11) is 1.61. The Hall–Kier alpha value is -2.55. The summed E-state index contributed by atoms with van der Waals surface area (Å²) in [6, 6.07) is 15.2. The van der Waals surface area contributed by atoms with E-state index in [4.69, 9.17) is 21.7 Å². The number of benzene rings is 2. The molecular weight excluding hydrogens is 405 g/mol. The lowest BCUT2D eigenvalue weighted by molar-refractivity contribution is -0.0225. The van der Waals surface area contributed by atoms with Gasteiger partial charge in [0.2, 0.25) is 0 Å². The number of carbonyl (C=O) groups is 1. The number of hydrogen-bond donors (Lipinski definition) is 1. The van der Waals surface area contributed by atoms with Crippen LogP contribution in [0.3, 0.4) is 0 Å². The van der Waals surface area contributed by atoms with E-state index in [0.717, 1.165) is 5.69 Å². The van der Waals surface area contributed by atoms with E-state index in [9.17, 15) is 9.18 Å². The second kappa shape index (κ2) is 11.0. The third-order valence-electron chi connectivity index (χ3n) is 4.82. The van der Waals surface area contributed by atoms with Crippen LogP contribution in [0, 0.1) is 5.82 Å². The molecule has 1 aliphatic rings. The Bertz CT molecular complexity index is 835. The average Bonchev–Trinajstić information content (AvgIpc) is 2.78. The van der Waals surface area contributed by atoms with Crippen molar-refractivity contribution < 1.29 is 18.7 Å². The maximum Gasteiger partial charge on any atom is 0.254 e. The van der Waals surface area contributed by atoms with Crippen molar-refractivity contribution >= 4 is 28.9 Å². The zero-order valence-electron chi connectivity index (χ0n) is 16.9. The fraction of sp³-hybridized carbons (Fsp3) is 0.364. The van der Waals surface area contributed by atoms with E-state index in [-0.39, 0.29) is 17.8 Å². The molecule has 1 amide bonds. The number of anilines is 1. The Morgan fingerprint density at radius 3 is 2.70 bits per heavy atom. The molecule has 1 unspecified atom stereocenters. The molecule has 0 aliphatic carbocycles. The molecule has 0 aromatic heterocycles. The summed E-state index contributed by atoms with van der Waals surface area (Å²) in [5.74, 6) is -0.350. The number of ether oxygens (including phenoxy) is 2. The first-order valence-electron chi connectivity index (χ1n) is 9.83. The molecule has 0 spiro atoms. The highest BCUT2D eigenvalue weighted by molar-refractivity contribution is 7.80. The quantitative estimate of drug-likeness (QED) is 0.681. The molecule has 2 aromatic carbocycles. The number of nitrogens with zero attached hydrogens (tertiary/aromatic N) is 2. The number of amides is 1. The Morgan fingerprint density at radius 1 is 1.27 bits per heavy atom. The number of thiocarbonyl (C=S) groups is 1. The topological polar surface area (TPSA) is 54.0 Å². The van der Waals surface area contributed by atoms with E-state index in [1.807, 2.05) is 23.1 Å². The molecular formula is C22H26FN3O3S. The van der Waals surface area contributed by atoms with Gasteiger partial charge in [0.1, 0.15) is 5.82 Å². The fourth-order valence-corrected chi connectivity index (χ4v) is 3.52. The minimum absolute atomic E-state index is 0.0552. The molecule has 1 aliphatic heterocycles. The number of halogens is 1. The van der Waals surface area contributed by atoms with Gasteiger partial charge in [-0.25, -0.2) is 4.39 Å².